The van der Waals surface area contributed by atoms with Gasteiger partial charge in [-0.15, -0.1) is 0 Å². The van der Waals surface area contributed by atoms with E-state index in [4.69, 9.17) is 0 Å². The largest absolute Gasteiger partial charge is 0.335 e. The molecule has 0 amide bonds. The molecule has 0 aromatic carbocycles. The molecule has 0 spiro atoms. The highest BCUT2D eigenvalue weighted by atomic mass is 15.2. The second-order valence-electron chi connectivity index (χ2n) is 6.18. The highest BCUT2D eigenvalue weighted by molar-refractivity contribution is 5.06. The smallest absolute Gasteiger partial charge is 0.110 e. The average molecular weight is 292 g/mol. The van der Waals surface area contributed by atoms with Crippen LogP contribution in [0.4, 0.5) is 0 Å². The fourth-order valence-corrected chi connectivity index (χ4v) is 4.13. The van der Waals surface area contributed by atoms with Crippen molar-refractivity contribution >= 4 is 0 Å². The Morgan fingerprint density at radius 1 is 1.24 bits per heavy atom. The minimum absolute atomic E-state index is 0.260. The van der Waals surface area contributed by atoms with Crippen molar-refractivity contribution in [2.75, 3.05) is 20.1 Å². The van der Waals surface area contributed by atoms with Crippen LogP contribution < -0.4 is 5.32 Å². The van der Waals surface area contributed by atoms with E-state index in [1.54, 1.807) is 0 Å². The van der Waals surface area contributed by atoms with Crippen LogP contribution in [0.3, 0.4) is 0 Å². The van der Waals surface area contributed by atoms with E-state index in [2.05, 4.69) is 53.8 Å². The van der Waals surface area contributed by atoms with Gasteiger partial charge in [0, 0.05) is 36.9 Å². The van der Waals surface area contributed by atoms with Crippen LogP contribution in [0.2, 0.25) is 0 Å². The summed E-state index contributed by atoms with van der Waals surface area (Å²) in [5.41, 5.74) is 0.260. The number of nitrogens with one attached hydrogen (secondary N) is 1. The lowest BCUT2D eigenvalue weighted by Gasteiger charge is -2.47. The Labute approximate surface area is 129 Å². The highest BCUT2D eigenvalue weighted by Gasteiger charge is 2.41. The van der Waals surface area contributed by atoms with Crippen LogP contribution in [0.15, 0.2) is 12.4 Å². The van der Waals surface area contributed by atoms with Gasteiger partial charge in [0.2, 0.25) is 0 Å². The van der Waals surface area contributed by atoms with E-state index in [0.717, 1.165) is 13.0 Å². The summed E-state index contributed by atoms with van der Waals surface area (Å²) in [5, 5.41) is 3.62. The van der Waals surface area contributed by atoms with Crippen molar-refractivity contribution in [3.05, 3.63) is 18.2 Å². The van der Waals surface area contributed by atoms with Crippen molar-refractivity contribution in [3.8, 4) is 0 Å². The van der Waals surface area contributed by atoms with Gasteiger partial charge in [-0.3, -0.25) is 4.90 Å². The lowest BCUT2D eigenvalue weighted by atomic mass is 9.81. The topological polar surface area (TPSA) is 33.1 Å². The third-order valence-corrected chi connectivity index (χ3v) is 5.49. The zero-order chi connectivity index (χ0) is 15.3. The Morgan fingerprint density at radius 3 is 2.43 bits per heavy atom. The third kappa shape index (κ3) is 3.16. The maximum absolute atomic E-state index is 4.59. The van der Waals surface area contributed by atoms with Gasteiger partial charge in [0.25, 0.3) is 0 Å². The zero-order valence-electron chi connectivity index (χ0n) is 14.2. The standard InChI is InChI=1S/C17H32N4/c1-5-17(6-2,21-11-8-9-12-21)15(18-4)14-16-19-10-13-20(16)7-3/h10,13,15,18H,5-9,11-12,14H2,1-4H3. The molecule has 0 bridgehead atoms. The summed E-state index contributed by atoms with van der Waals surface area (Å²) in [6.07, 6.45) is 10.1. The maximum atomic E-state index is 4.59. The number of imidazole rings is 1. The summed E-state index contributed by atoms with van der Waals surface area (Å²) in [7, 11) is 2.11. The molecular formula is C17H32N4. The lowest BCUT2D eigenvalue weighted by Crippen LogP contribution is -2.60. The van der Waals surface area contributed by atoms with Crippen LogP contribution in [0, 0.1) is 0 Å². The molecule has 0 aliphatic carbocycles. The molecule has 1 N–H and O–H groups in total. The molecule has 1 aliphatic heterocycles. The van der Waals surface area contributed by atoms with E-state index in [0.29, 0.717) is 6.04 Å². The molecular weight excluding hydrogens is 260 g/mol. The summed E-state index contributed by atoms with van der Waals surface area (Å²) in [5.74, 6) is 1.21. The first-order valence-corrected chi connectivity index (χ1v) is 8.64. The lowest BCUT2D eigenvalue weighted by molar-refractivity contribution is 0.0640. The molecule has 21 heavy (non-hydrogen) atoms. The Balaban J connectivity index is 2.23. The molecule has 1 aromatic heterocycles. The molecule has 2 heterocycles. The number of aryl methyl sites for hydroxylation is 1. The number of likely N-dealkylation sites (N-methyl/N-ethyl adjacent to an activating group) is 1. The van der Waals surface area contributed by atoms with Crippen LogP contribution >= 0.6 is 0 Å². The number of hydrogen-bond acceptors (Lipinski definition) is 3. The molecule has 0 saturated carbocycles. The second kappa shape index (κ2) is 7.41. The van der Waals surface area contributed by atoms with Gasteiger partial charge in [-0.05, 0) is 52.7 Å². The van der Waals surface area contributed by atoms with Crippen molar-refractivity contribution < 1.29 is 0 Å². The van der Waals surface area contributed by atoms with Crippen molar-refractivity contribution in [3.63, 3.8) is 0 Å². The molecule has 1 fully saturated rings. The van der Waals surface area contributed by atoms with Crippen LogP contribution in [-0.2, 0) is 13.0 Å². The monoisotopic (exact) mass is 292 g/mol. The van der Waals surface area contributed by atoms with E-state index >= 15 is 0 Å². The highest BCUT2D eigenvalue weighted by Crippen LogP contribution is 2.32. The van der Waals surface area contributed by atoms with E-state index in [-0.39, 0.29) is 5.54 Å². The van der Waals surface area contributed by atoms with Gasteiger partial charge < -0.3 is 9.88 Å². The van der Waals surface area contributed by atoms with Gasteiger partial charge in [0.15, 0.2) is 0 Å². The Kier molecular flexibility index (Phi) is 5.82. The number of hydrogen-bond donors (Lipinski definition) is 1. The molecule has 120 valence electrons. The number of rotatable bonds is 8. The first-order valence-electron chi connectivity index (χ1n) is 8.64. The molecule has 1 atom stereocenters. The van der Waals surface area contributed by atoms with E-state index < -0.39 is 0 Å². The van der Waals surface area contributed by atoms with Gasteiger partial charge >= 0.3 is 0 Å². The molecule has 1 aromatic rings. The third-order valence-electron chi connectivity index (χ3n) is 5.49. The van der Waals surface area contributed by atoms with Crippen LogP contribution in [0.5, 0.6) is 0 Å². The maximum Gasteiger partial charge on any atom is 0.110 e. The van der Waals surface area contributed by atoms with Crippen LogP contribution in [0.25, 0.3) is 0 Å². The summed E-state index contributed by atoms with van der Waals surface area (Å²) in [6, 6.07) is 0.457. The number of likely N-dealkylation sites (tertiary alicyclic amines) is 1. The van der Waals surface area contributed by atoms with Gasteiger partial charge in [-0.1, -0.05) is 13.8 Å². The van der Waals surface area contributed by atoms with Crippen molar-refractivity contribution in [2.24, 2.45) is 0 Å². The van der Waals surface area contributed by atoms with Gasteiger partial charge in [0.1, 0.15) is 5.82 Å². The van der Waals surface area contributed by atoms with E-state index in [1.807, 2.05) is 6.20 Å². The number of nitrogens with zero attached hydrogens (tertiary/aromatic N) is 3. The molecule has 2 rings (SSSR count). The summed E-state index contributed by atoms with van der Waals surface area (Å²) < 4.78 is 2.27. The molecule has 1 unspecified atom stereocenters. The number of aromatic nitrogens is 2. The SMILES string of the molecule is CCn1ccnc1CC(NC)C(CC)(CC)N1CCCC1. The average Bonchev–Trinajstić information content (AvgIpc) is 3.19. The fourth-order valence-electron chi connectivity index (χ4n) is 4.13. The summed E-state index contributed by atoms with van der Waals surface area (Å²) in [4.78, 5) is 7.32. The van der Waals surface area contributed by atoms with Crippen molar-refractivity contribution in [1.82, 2.24) is 19.8 Å². The molecule has 4 heteroatoms. The minimum Gasteiger partial charge on any atom is -0.335 e. The first-order chi connectivity index (χ1) is 10.2. The van der Waals surface area contributed by atoms with Gasteiger partial charge in [0.05, 0.1) is 0 Å². The second-order valence-corrected chi connectivity index (χ2v) is 6.18. The quantitative estimate of drug-likeness (QED) is 0.800. The zero-order valence-corrected chi connectivity index (χ0v) is 14.2. The van der Waals surface area contributed by atoms with E-state index in [1.165, 1.54) is 44.6 Å². The summed E-state index contributed by atoms with van der Waals surface area (Å²) in [6.45, 7) is 10.4. The molecule has 1 aliphatic rings. The predicted octanol–water partition coefficient (Wildman–Crippen LogP) is 2.69. The Hall–Kier alpha value is -0.870. The Bertz CT molecular complexity index is 416. The van der Waals surface area contributed by atoms with Crippen molar-refractivity contribution in [2.45, 2.75) is 71.0 Å². The molecule has 1 saturated heterocycles. The summed E-state index contributed by atoms with van der Waals surface area (Å²) >= 11 is 0. The van der Waals surface area contributed by atoms with Crippen LogP contribution in [0.1, 0.15) is 52.3 Å². The van der Waals surface area contributed by atoms with Gasteiger partial charge in [-0.25, -0.2) is 4.98 Å². The normalized spacial score (nSPS) is 18.3. The van der Waals surface area contributed by atoms with Gasteiger partial charge in [-0.2, -0.15) is 0 Å². The first kappa shape index (κ1) is 16.5. The Morgan fingerprint density at radius 2 is 1.90 bits per heavy atom. The van der Waals surface area contributed by atoms with E-state index in [9.17, 15) is 0 Å². The predicted molar refractivity (Wildman–Crippen MR) is 88.6 cm³/mol. The molecule has 0 radical (unpaired) electrons. The van der Waals surface area contributed by atoms with Crippen molar-refractivity contribution in [1.29, 1.82) is 0 Å². The molecule has 4 nitrogen and oxygen atoms in total. The minimum atomic E-state index is 0.260. The fraction of sp³-hybridized carbons (Fsp3) is 0.824. The van der Waals surface area contributed by atoms with Crippen LogP contribution in [-0.4, -0.2) is 46.2 Å².